The highest BCUT2D eigenvalue weighted by Gasteiger charge is 2.24. The first-order chi connectivity index (χ1) is 10.6. The highest BCUT2D eigenvalue weighted by molar-refractivity contribution is 8.03. The molecule has 0 unspecified atom stereocenters. The Balaban J connectivity index is 1.94. The van der Waals surface area contributed by atoms with E-state index in [0.717, 1.165) is 31.7 Å². The van der Waals surface area contributed by atoms with Crippen LogP contribution in [0.1, 0.15) is 32.4 Å². The Morgan fingerprint density at radius 2 is 2.14 bits per heavy atom. The summed E-state index contributed by atoms with van der Waals surface area (Å²) >= 11 is 3.72. The van der Waals surface area contributed by atoms with E-state index in [4.69, 9.17) is 0 Å². The Bertz CT molecular complexity index is 542. The lowest BCUT2D eigenvalue weighted by atomic mass is 9.94. The van der Waals surface area contributed by atoms with E-state index in [2.05, 4.69) is 41.9 Å². The summed E-state index contributed by atoms with van der Waals surface area (Å²) in [7, 11) is 1.99. The van der Waals surface area contributed by atoms with Crippen LogP contribution in [-0.2, 0) is 7.05 Å². The van der Waals surface area contributed by atoms with Gasteiger partial charge >= 0.3 is 0 Å². The summed E-state index contributed by atoms with van der Waals surface area (Å²) in [5, 5.41) is 4.32. The van der Waals surface area contributed by atoms with Crippen molar-refractivity contribution in [2.24, 2.45) is 18.0 Å². The average molecular weight is 339 g/mol. The maximum atomic E-state index is 4.33. The van der Waals surface area contributed by atoms with Crippen LogP contribution in [0.5, 0.6) is 0 Å². The first-order valence-electron chi connectivity index (χ1n) is 7.78. The molecule has 1 aromatic rings. The summed E-state index contributed by atoms with van der Waals surface area (Å²) in [5.41, 5.74) is 2.45. The number of aromatic nitrogens is 2. The van der Waals surface area contributed by atoms with Gasteiger partial charge in [-0.1, -0.05) is 6.92 Å². The summed E-state index contributed by atoms with van der Waals surface area (Å²) in [4.78, 5) is 6.93. The molecule has 0 aromatic carbocycles. The Kier molecular flexibility index (Phi) is 6.59. The molecular weight excluding hydrogens is 312 g/mol. The predicted octanol–water partition coefficient (Wildman–Crippen LogP) is 4.13. The number of thioether (sulfide) groups is 1. The van der Waals surface area contributed by atoms with Crippen LogP contribution in [0.3, 0.4) is 0 Å². The average Bonchev–Trinajstić information content (AvgIpc) is 2.82. The summed E-state index contributed by atoms with van der Waals surface area (Å²) in [5.74, 6) is 1.66. The number of rotatable bonds is 6. The molecule has 0 aliphatic carbocycles. The molecule has 1 fully saturated rings. The lowest BCUT2D eigenvalue weighted by molar-refractivity contribution is 0.318. The lowest BCUT2D eigenvalue weighted by Crippen LogP contribution is -2.29. The third kappa shape index (κ3) is 4.18. The van der Waals surface area contributed by atoms with Crippen LogP contribution in [0.15, 0.2) is 26.7 Å². The molecule has 2 heterocycles. The molecule has 0 spiro atoms. The first kappa shape index (κ1) is 17.6. The zero-order chi connectivity index (χ0) is 16.1. The van der Waals surface area contributed by atoms with Crippen molar-refractivity contribution in [3.8, 4) is 0 Å². The number of piperidine rings is 1. The fraction of sp³-hybridized carbons (Fsp3) is 0.625. The Morgan fingerprint density at radius 1 is 1.45 bits per heavy atom. The molecule has 0 radical (unpaired) electrons. The number of aliphatic imine (C=N–C) groups is 1. The molecule has 4 nitrogen and oxygen atoms in total. The van der Waals surface area contributed by atoms with Crippen LogP contribution in [0.4, 0.5) is 0 Å². The zero-order valence-electron chi connectivity index (χ0n) is 14.0. The molecule has 0 saturated carbocycles. The normalized spacial score (nSPS) is 18.4. The maximum Gasteiger partial charge on any atom is 0.0641 e. The molecule has 6 heteroatoms. The molecule has 0 N–H and O–H groups in total. The number of nitrogens with zero attached hydrogens (tertiary/aromatic N) is 4. The van der Waals surface area contributed by atoms with Crippen LogP contribution in [0, 0.1) is 12.8 Å². The standard InChI is InChI=1S/C16H26N4S2/c1-6-21-13(3)16(17-4)14-7-9-20(10-8-14)22-15-11-18-19(5)12(15)2/h11,14H,4,6-10H2,1-3,5H3/b16-13-. The Hall–Kier alpha value is -0.720. The minimum Gasteiger partial charge on any atom is -0.272 e. The van der Waals surface area contributed by atoms with Crippen molar-refractivity contribution < 1.29 is 0 Å². The first-order valence-corrected chi connectivity index (χ1v) is 9.54. The number of aryl methyl sites for hydroxylation is 1. The van der Waals surface area contributed by atoms with Gasteiger partial charge in [-0.3, -0.25) is 9.67 Å². The number of hydrogen-bond donors (Lipinski definition) is 0. The van der Waals surface area contributed by atoms with E-state index in [1.54, 1.807) is 0 Å². The smallest absolute Gasteiger partial charge is 0.0641 e. The third-order valence-corrected chi connectivity index (χ3v) is 6.30. The summed E-state index contributed by atoms with van der Waals surface area (Å²) in [6.45, 7) is 12.5. The topological polar surface area (TPSA) is 33.4 Å². The molecule has 22 heavy (non-hydrogen) atoms. The largest absolute Gasteiger partial charge is 0.272 e. The molecule has 1 saturated heterocycles. The Morgan fingerprint density at radius 3 is 2.64 bits per heavy atom. The highest BCUT2D eigenvalue weighted by Crippen LogP contribution is 2.35. The molecule has 0 bridgehead atoms. The highest BCUT2D eigenvalue weighted by atomic mass is 32.2. The van der Waals surface area contributed by atoms with E-state index < -0.39 is 0 Å². The van der Waals surface area contributed by atoms with Gasteiger partial charge in [-0.15, -0.1) is 11.8 Å². The zero-order valence-corrected chi connectivity index (χ0v) is 15.6. The number of hydrogen-bond acceptors (Lipinski definition) is 5. The van der Waals surface area contributed by atoms with Crippen LogP contribution in [-0.4, -0.2) is 39.6 Å². The predicted molar refractivity (Wildman–Crippen MR) is 98.5 cm³/mol. The van der Waals surface area contributed by atoms with Gasteiger partial charge in [0, 0.05) is 36.7 Å². The van der Waals surface area contributed by atoms with Crippen molar-refractivity contribution in [3.05, 3.63) is 22.5 Å². The molecular formula is C16H26N4S2. The minimum absolute atomic E-state index is 0.559. The van der Waals surface area contributed by atoms with Crippen LogP contribution < -0.4 is 0 Å². The molecule has 1 aliphatic rings. The van der Waals surface area contributed by atoms with Gasteiger partial charge < -0.3 is 0 Å². The molecule has 0 amide bonds. The van der Waals surface area contributed by atoms with Crippen molar-refractivity contribution in [2.75, 3.05) is 18.8 Å². The van der Waals surface area contributed by atoms with Crippen molar-refractivity contribution in [3.63, 3.8) is 0 Å². The van der Waals surface area contributed by atoms with E-state index >= 15 is 0 Å². The van der Waals surface area contributed by atoms with Crippen molar-refractivity contribution >= 4 is 30.4 Å². The van der Waals surface area contributed by atoms with Gasteiger partial charge in [-0.25, -0.2) is 4.31 Å². The van der Waals surface area contributed by atoms with E-state index in [-0.39, 0.29) is 0 Å². The van der Waals surface area contributed by atoms with Gasteiger partial charge in [-0.05, 0) is 51.1 Å². The second-order valence-electron chi connectivity index (χ2n) is 5.54. The van der Waals surface area contributed by atoms with Crippen molar-refractivity contribution in [2.45, 2.75) is 38.5 Å². The Labute approximate surface area is 142 Å². The van der Waals surface area contributed by atoms with Gasteiger partial charge in [0.1, 0.15) is 0 Å². The van der Waals surface area contributed by atoms with Crippen LogP contribution in [0.25, 0.3) is 0 Å². The minimum atomic E-state index is 0.559. The maximum absolute atomic E-state index is 4.33. The monoisotopic (exact) mass is 338 g/mol. The molecule has 1 aromatic heterocycles. The quantitative estimate of drug-likeness (QED) is 0.577. The third-order valence-electron chi connectivity index (χ3n) is 4.15. The van der Waals surface area contributed by atoms with Gasteiger partial charge in [0.2, 0.25) is 0 Å². The van der Waals surface area contributed by atoms with E-state index in [0.29, 0.717) is 5.92 Å². The SMILES string of the molecule is C=N/C(=C(/C)SCC)C1CCN(Sc2cnn(C)c2C)CC1. The molecule has 2 rings (SSSR count). The summed E-state index contributed by atoms with van der Waals surface area (Å²) in [6.07, 6.45) is 4.27. The van der Waals surface area contributed by atoms with Crippen molar-refractivity contribution in [1.82, 2.24) is 14.1 Å². The van der Waals surface area contributed by atoms with E-state index in [1.165, 1.54) is 21.2 Å². The summed E-state index contributed by atoms with van der Waals surface area (Å²) < 4.78 is 4.38. The summed E-state index contributed by atoms with van der Waals surface area (Å²) in [6, 6.07) is 0. The molecule has 122 valence electrons. The van der Waals surface area contributed by atoms with E-state index in [1.807, 2.05) is 41.6 Å². The second kappa shape index (κ2) is 8.22. The van der Waals surface area contributed by atoms with Gasteiger partial charge in [0.05, 0.1) is 16.8 Å². The van der Waals surface area contributed by atoms with Crippen molar-refractivity contribution in [1.29, 1.82) is 0 Å². The van der Waals surface area contributed by atoms with Crippen LogP contribution >= 0.6 is 23.7 Å². The lowest BCUT2D eigenvalue weighted by Gasteiger charge is -2.31. The molecule has 1 aliphatic heterocycles. The molecule has 0 atom stereocenters. The van der Waals surface area contributed by atoms with Gasteiger partial charge in [0.25, 0.3) is 0 Å². The number of allylic oxidation sites excluding steroid dienone is 2. The van der Waals surface area contributed by atoms with Gasteiger partial charge in [-0.2, -0.15) is 5.10 Å². The fourth-order valence-corrected chi connectivity index (χ4v) is 4.59. The van der Waals surface area contributed by atoms with Gasteiger partial charge in [0.15, 0.2) is 0 Å². The fourth-order valence-electron chi connectivity index (χ4n) is 2.75. The second-order valence-corrected chi connectivity index (χ2v) is 8.16. The van der Waals surface area contributed by atoms with Crippen LogP contribution in [0.2, 0.25) is 0 Å². The van der Waals surface area contributed by atoms with E-state index in [9.17, 15) is 0 Å².